The van der Waals surface area contributed by atoms with E-state index in [0.717, 1.165) is 40.7 Å². The lowest BCUT2D eigenvalue weighted by Crippen LogP contribution is -2.01. The second-order valence-electron chi connectivity index (χ2n) is 4.35. The van der Waals surface area contributed by atoms with Gasteiger partial charge in [-0.05, 0) is 28.4 Å². The molecule has 0 aliphatic heterocycles. The molecule has 0 unspecified atom stereocenters. The predicted molar refractivity (Wildman–Crippen MR) is 75.7 cm³/mol. The van der Waals surface area contributed by atoms with Crippen LogP contribution in [0.15, 0.2) is 10.5 Å². The first-order chi connectivity index (χ1) is 9.10. The molecule has 0 aliphatic rings. The maximum absolute atomic E-state index is 10.8. The van der Waals surface area contributed by atoms with Gasteiger partial charge >= 0.3 is 5.97 Å². The summed E-state index contributed by atoms with van der Waals surface area (Å²) in [5.74, 6) is 0.628. The molecule has 0 saturated heterocycles. The number of halogens is 1. The molecule has 0 atom stereocenters. The van der Waals surface area contributed by atoms with Crippen LogP contribution >= 0.6 is 15.9 Å². The Bertz CT molecular complexity index is 595. The van der Waals surface area contributed by atoms with Crippen LogP contribution in [0.1, 0.15) is 38.2 Å². The zero-order chi connectivity index (χ0) is 13.8. The number of aryl methyl sites for hydroxylation is 1. The number of pyridine rings is 1. The van der Waals surface area contributed by atoms with E-state index in [2.05, 4.69) is 37.8 Å². The molecule has 0 amide bonds. The van der Waals surface area contributed by atoms with E-state index in [1.807, 2.05) is 6.07 Å². The van der Waals surface area contributed by atoms with Crippen molar-refractivity contribution in [2.45, 2.75) is 39.7 Å². The fraction of sp³-hybridized carbons (Fsp3) is 0.462. The molecule has 5 nitrogen and oxygen atoms in total. The van der Waals surface area contributed by atoms with Gasteiger partial charge in [0.05, 0.1) is 5.69 Å². The van der Waals surface area contributed by atoms with Crippen LogP contribution in [0.4, 0.5) is 0 Å². The Kier molecular flexibility index (Phi) is 4.52. The number of carbonyl (C=O) groups excluding carboxylic acids is 1. The van der Waals surface area contributed by atoms with Gasteiger partial charge in [-0.1, -0.05) is 13.3 Å². The van der Waals surface area contributed by atoms with Crippen molar-refractivity contribution in [3.63, 3.8) is 0 Å². The van der Waals surface area contributed by atoms with Gasteiger partial charge in [-0.3, -0.25) is 4.79 Å². The summed E-state index contributed by atoms with van der Waals surface area (Å²) >= 11 is 3.42. The zero-order valence-electron chi connectivity index (χ0n) is 11.0. The SMILES string of the molecule is CCCCc1nc2cc(Br)c(COC(C)=O)nc2[nH]1. The summed E-state index contributed by atoms with van der Waals surface area (Å²) in [6, 6.07) is 1.90. The summed E-state index contributed by atoms with van der Waals surface area (Å²) in [5.41, 5.74) is 2.24. The topological polar surface area (TPSA) is 67.9 Å². The molecule has 2 aromatic heterocycles. The van der Waals surface area contributed by atoms with E-state index in [-0.39, 0.29) is 12.6 Å². The van der Waals surface area contributed by atoms with Gasteiger partial charge < -0.3 is 9.72 Å². The van der Waals surface area contributed by atoms with Gasteiger partial charge in [0.25, 0.3) is 0 Å². The van der Waals surface area contributed by atoms with E-state index in [9.17, 15) is 4.79 Å². The Hall–Kier alpha value is -1.43. The molecule has 0 saturated carbocycles. The number of rotatable bonds is 5. The van der Waals surface area contributed by atoms with E-state index in [0.29, 0.717) is 5.69 Å². The van der Waals surface area contributed by atoms with E-state index in [1.54, 1.807) is 0 Å². The molecule has 2 heterocycles. The van der Waals surface area contributed by atoms with Crippen molar-refractivity contribution in [2.24, 2.45) is 0 Å². The fourth-order valence-electron chi connectivity index (χ4n) is 1.74. The third-order valence-corrected chi connectivity index (χ3v) is 3.41. The minimum absolute atomic E-state index is 0.162. The average Bonchev–Trinajstić information content (AvgIpc) is 2.75. The highest BCUT2D eigenvalue weighted by Crippen LogP contribution is 2.21. The van der Waals surface area contributed by atoms with Crippen LogP contribution in [-0.2, 0) is 22.6 Å². The van der Waals surface area contributed by atoms with Crippen molar-refractivity contribution in [2.75, 3.05) is 0 Å². The van der Waals surface area contributed by atoms with Gasteiger partial charge in [0.1, 0.15) is 17.9 Å². The number of hydrogen-bond donors (Lipinski definition) is 1. The number of H-pyrrole nitrogens is 1. The van der Waals surface area contributed by atoms with Crippen molar-refractivity contribution in [3.8, 4) is 0 Å². The van der Waals surface area contributed by atoms with Crippen LogP contribution in [0.5, 0.6) is 0 Å². The molecule has 0 bridgehead atoms. The lowest BCUT2D eigenvalue weighted by molar-refractivity contribution is -0.142. The van der Waals surface area contributed by atoms with Crippen LogP contribution in [0.3, 0.4) is 0 Å². The lowest BCUT2D eigenvalue weighted by Gasteiger charge is -2.03. The highest BCUT2D eigenvalue weighted by molar-refractivity contribution is 9.10. The number of aromatic amines is 1. The lowest BCUT2D eigenvalue weighted by atomic mass is 10.2. The summed E-state index contributed by atoms with van der Waals surface area (Å²) in [7, 11) is 0. The molecule has 0 aromatic carbocycles. The Morgan fingerprint density at radius 3 is 2.95 bits per heavy atom. The van der Waals surface area contributed by atoms with E-state index in [4.69, 9.17) is 4.74 Å². The molecule has 0 fully saturated rings. The standard InChI is InChI=1S/C13H16BrN3O2/c1-3-4-5-12-15-10-6-9(14)11(7-19-8(2)18)16-13(10)17-12/h6H,3-5,7H2,1-2H3,(H,15,16,17). The summed E-state index contributed by atoms with van der Waals surface area (Å²) in [6.45, 7) is 3.69. The molecule has 1 N–H and O–H groups in total. The van der Waals surface area contributed by atoms with Crippen molar-refractivity contribution >= 4 is 33.1 Å². The number of carbonyl (C=O) groups is 1. The molecule has 19 heavy (non-hydrogen) atoms. The van der Waals surface area contributed by atoms with Crippen LogP contribution in [0, 0.1) is 0 Å². The highest BCUT2D eigenvalue weighted by Gasteiger charge is 2.10. The molecule has 0 radical (unpaired) electrons. The molecule has 0 aliphatic carbocycles. The Morgan fingerprint density at radius 1 is 1.47 bits per heavy atom. The van der Waals surface area contributed by atoms with Crippen molar-refractivity contribution < 1.29 is 9.53 Å². The first kappa shape index (κ1) is 14.0. The normalized spacial score (nSPS) is 10.9. The number of unbranched alkanes of at least 4 members (excludes halogenated alkanes) is 1. The van der Waals surface area contributed by atoms with Crippen LogP contribution in [-0.4, -0.2) is 20.9 Å². The second-order valence-corrected chi connectivity index (χ2v) is 5.21. The number of nitrogens with one attached hydrogen (secondary N) is 1. The largest absolute Gasteiger partial charge is 0.459 e. The molecular formula is C13H16BrN3O2. The number of hydrogen-bond acceptors (Lipinski definition) is 4. The monoisotopic (exact) mass is 325 g/mol. The minimum Gasteiger partial charge on any atom is -0.459 e. The zero-order valence-corrected chi connectivity index (χ0v) is 12.6. The number of esters is 1. The molecular weight excluding hydrogens is 310 g/mol. The van der Waals surface area contributed by atoms with Crippen molar-refractivity contribution in [3.05, 3.63) is 22.1 Å². The fourth-order valence-corrected chi connectivity index (χ4v) is 2.16. The van der Waals surface area contributed by atoms with E-state index in [1.165, 1.54) is 6.92 Å². The third kappa shape index (κ3) is 3.53. The number of nitrogens with zero attached hydrogens (tertiary/aromatic N) is 2. The van der Waals surface area contributed by atoms with Gasteiger partial charge in [0.2, 0.25) is 0 Å². The quantitative estimate of drug-likeness (QED) is 0.857. The van der Waals surface area contributed by atoms with Gasteiger partial charge in [0.15, 0.2) is 5.65 Å². The molecule has 2 rings (SSSR count). The van der Waals surface area contributed by atoms with Crippen molar-refractivity contribution in [1.82, 2.24) is 15.0 Å². The molecule has 2 aromatic rings. The Labute approximate surface area is 119 Å². The summed E-state index contributed by atoms with van der Waals surface area (Å²) in [6.07, 6.45) is 3.15. The predicted octanol–water partition coefficient (Wildman–Crippen LogP) is 3.13. The number of aromatic nitrogens is 3. The number of imidazole rings is 1. The first-order valence-corrected chi connectivity index (χ1v) is 7.06. The van der Waals surface area contributed by atoms with Gasteiger partial charge in [-0.2, -0.15) is 0 Å². The van der Waals surface area contributed by atoms with E-state index >= 15 is 0 Å². The van der Waals surface area contributed by atoms with Gasteiger partial charge in [-0.25, -0.2) is 9.97 Å². The van der Waals surface area contributed by atoms with Gasteiger partial charge in [0, 0.05) is 17.8 Å². The Balaban J connectivity index is 2.25. The number of fused-ring (bicyclic) bond motifs is 1. The summed E-state index contributed by atoms with van der Waals surface area (Å²) in [5, 5.41) is 0. The smallest absolute Gasteiger partial charge is 0.303 e. The Morgan fingerprint density at radius 2 is 2.26 bits per heavy atom. The van der Waals surface area contributed by atoms with Crippen LogP contribution in [0.25, 0.3) is 11.2 Å². The van der Waals surface area contributed by atoms with Crippen LogP contribution < -0.4 is 0 Å². The van der Waals surface area contributed by atoms with Crippen molar-refractivity contribution in [1.29, 1.82) is 0 Å². The molecule has 6 heteroatoms. The molecule has 0 spiro atoms. The van der Waals surface area contributed by atoms with Gasteiger partial charge in [-0.15, -0.1) is 0 Å². The third-order valence-electron chi connectivity index (χ3n) is 2.73. The average molecular weight is 326 g/mol. The number of ether oxygens (including phenoxy) is 1. The summed E-state index contributed by atoms with van der Waals surface area (Å²) in [4.78, 5) is 23.0. The maximum Gasteiger partial charge on any atom is 0.303 e. The molecule has 102 valence electrons. The highest BCUT2D eigenvalue weighted by atomic mass is 79.9. The minimum atomic E-state index is -0.318. The van der Waals surface area contributed by atoms with Crippen LogP contribution in [0.2, 0.25) is 0 Å². The second kappa shape index (κ2) is 6.14. The summed E-state index contributed by atoms with van der Waals surface area (Å²) < 4.78 is 5.76. The van der Waals surface area contributed by atoms with E-state index < -0.39 is 0 Å². The first-order valence-electron chi connectivity index (χ1n) is 6.27. The maximum atomic E-state index is 10.8.